The quantitative estimate of drug-likeness (QED) is 0.571. The second-order valence-electron chi connectivity index (χ2n) is 4.16. The van der Waals surface area contributed by atoms with Gasteiger partial charge in [0.1, 0.15) is 0 Å². The van der Waals surface area contributed by atoms with Crippen molar-refractivity contribution in [1.82, 2.24) is 10.2 Å². The van der Waals surface area contributed by atoms with E-state index in [-0.39, 0.29) is 17.7 Å². The molecule has 1 aliphatic rings. The summed E-state index contributed by atoms with van der Waals surface area (Å²) >= 11 is 0. The number of carbonyl (C=O) groups excluding carboxylic acids is 2. The third-order valence-electron chi connectivity index (χ3n) is 2.89. The van der Waals surface area contributed by atoms with Crippen molar-refractivity contribution in [3.8, 4) is 0 Å². The zero-order chi connectivity index (χ0) is 12.8. The topological polar surface area (TPSA) is 61.8 Å². The lowest BCUT2D eigenvalue weighted by Crippen LogP contribution is -2.44. The fourth-order valence-electron chi connectivity index (χ4n) is 1.81. The molecule has 1 fully saturated rings. The van der Waals surface area contributed by atoms with Crippen molar-refractivity contribution in [3.63, 3.8) is 0 Å². The minimum Gasteiger partial charge on any atom is -0.393 e. The molecule has 1 unspecified atom stereocenters. The molecule has 0 aromatic heterocycles. The highest BCUT2D eigenvalue weighted by molar-refractivity contribution is 5.98. The van der Waals surface area contributed by atoms with E-state index >= 15 is 0 Å². The lowest BCUT2D eigenvalue weighted by atomic mass is 9.98. The van der Waals surface area contributed by atoms with Gasteiger partial charge in [-0.2, -0.15) is 0 Å². The van der Waals surface area contributed by atoms with E-state index < -0.39 is 0 Å². The molecule has 2 amide bonds. The van der Waals surface area contributed by atoms with Gasteiger partial charge in [-0.3, -0.25) is 19.5 Å². The summed E-state index contributed by atoms with van der Waals surface area (Å²) in [6, 6.07) is 0. The number of hydrogen-bond donors (Lipinski definition) is 1. The van der Waals surface area contributed by atoms with E-state index in [0.717, 1.165) is 5.70 Å². The van der Waals surface area contributed by atoms with Gasteiger partial charge in [0.05, 0.1) is 5.70 Å². The molecule has 0 saturated carbocycles. The minimum atomic E-state index is -0.0824. The van der Waals surface area contributed by atoms with Crippen LogP contribution in [0.3, 0.4) is 0 Å². The van der Waals surface area contributed by atoms with Crippen LogP contribution in [-0.4, -0.2) is 37.0 Å². The summed E-state index contributed by atoms with van der Waals surface area (Å²) in [5, 5.41) is 2.85. The number of aliphatic imine (C=N–C) groups is 1. The van der Waals surface area contributed by atoms with Crippen LogP contribution in [0.15, 0.2) is 16.9 Å². The molecule has 1 N–H and O–H groups in total. The molecule has 94 valence electrons. The first kappa shape index (κ1) is 13.4. The number of carbonyl (C=O) groups is 2. The van der Waals surface area contributed by atoms with E-state index in [1.165, 1.54) is 4.90 Å². The summed E-state index contributed by atoms with van der Waals surface area (Å²) in [6.45, 7) is 5.69. The van der Waals surface area contributed by atoms with Crippen molar-refractivity contribution in [3.05, 3.63) is 11.9 Å². The first-order valence-electron chi connectivity index (χ1n) is 5.77. The van der Waals surface area contributed by atoms with Crippen molar-refractivity contribution in [2.45, 2.75) is 26.2 Å². The molecule has 1 atom stereocenters. The van der Waals surface area contributed by atoms with Gasteiger partial charge in [-0.25, -0.2) is 0 Å². The monoisotopic (exact) mass is 237 g/mol. The number of likely N-dealkylation sites (tertiary alicyclic amines) is 1. The van der Waals surface area contributed by atoms with Gasteiger partial charge in [-0.15, -0.1) is 0 Å². The van der Waals surface area contributed by atoms with Gasteiger partial charge in [0.25, 0.3) is 0 Å². The summed E-state index contributed by atoms with van der Waals surface area (Å²) in [7, 11) is 1.77. The highest BCUT2D eigenvalue weighted by Gasteiger charge is 2.30. The Morgan fingerprint density at radius 1 is 1.65 bits per heavy atom. The Balaban J connectivity index is 2.60. The number of rotatable bonds is 5. The van der Waals surface area contributed by atoms with Gasteiger partial charge in [0.15, 0.2) is 0 Å². The molecular weight excluding hydrogens is 218 g/mol. The van der Waals surface area contributed by atoms with Crippen molar-refractivity contribution in [1.29, 1.82) is 0 Å². The summed E-state index contributed by atoms with van der Waals surface area (Å²) in [6.07, 6.45) is 3.37. The zero-order valence-corrected chi connectivity index (χ0v) is 10.4. The maximum absolute atomic E-state index is 11.8. The minimum absolute atomic E-state index is 0.0545. The predicted octanol–water partition coefficient (Wildman–Crippen LogP) is 0.923. The molecule has 0 radical (unpaired) electrons. The Hall–Kier alpha value is -1.65. The van der Waals surface area contributed by atoms with Gasteiger partial charge >= 0.3 is 0 Å². The van der Waals surface area contributed by atoms with Crippen molar-refractivity contribution in [2.75, 3.05) is 13.6 Å². The second kappa shape index (κ2) is 6.18. The van der Waals surface area contributed by atoms with E-state index in [1.807, 2.05) is 6.92 Å². The molecule has 0 aliphatic carbocycles. The van der Waals surface area contributed by atoms with Gasteiger partial charge in [-0.1, -0.05) is 6.92 Å². The van der Waals surface area contributed by atoms with Crippen LogP contribution >= 0.6 is 0 Å². The van der Waals surface area contributed by atoms with Gasteiger partial charge in [-0.05, 0) is 13.1 Å². The third kappa shape index (κ3) is 3.41. The van der Waals surface area contributed by atoms with Crippen LogP contribution in [0.2, 0.25) is 0 Å². The van der Waals surface area contributed by atoms with E-state index in [4.69, 9.17) is 0 Å². The summed E-state index contributed by atoms with van der Waals surface area (Å²) in [5.74, 6) is -0.212. The van der Waals surface area contributed by atoms with E-state index in [1.54, 1.807) is 13.2 Å². The maximum atomic E-state index is 11.8. The molecule has 0 bridgehead atoms. The second-order valence-corrected chi connectivity index (χ2v) is 4.16. The van der Waals surface area contributed by atoms with Crippen LogP contribution in [-0.2, 0) is 9.59 Å². The Morgan fingerprint density at radius 3 is 2.94 bits per heavy atom. The van der Waals surface area contributed by atoms with Gasteiger partial charge in [0, 0.05) is 38.6 Å². The molecule has 5 nitrogen and oxygen atoms in total. The Kier molecular flexibility index (Phi) is 4.87. The normalized spacial score (nSPS) is 21.6. The van der Waals surface area contributed by atoms with Crippen molar-refractivity contribution < 1.29 is 9.59 Å². The summed E-state index contributed by atoms with van der Waals surface area (Å²) in [4.78, 5) is 28.6. The standard InChI is InChI=1S/C12H19N3O2/c1-9-4-5-11(16)15(12(9)17)7-6-10(14-3)8-13-2/h8-9,13H,3-7H2,1-2H3/b10-8-. The Labute approximate surface area is 102 Å². The highest BCUT2D eigenvalue weighted by atomic mass is 16.2. The number of hydrogen-bond acceptors (Lipinski definition) is 4. The van der Waals surface area contributed by atoms with Crippen LogP contribution in [0, 0.1) is 5.92 Å². The highest BCUT2D eigenvalue weighted by Crippen LogP contribution is 2.19. The first-order chi connectivity index (χ1) is 8.10. The van der Waals surface area contributed by atoms with Crippen molar-refractivity contribution >= 4 is 18.5 Å². The number of nitrogens with one attached hydrogen (secondary N) is 1. The molecule has 17 heavy (non-hydrogen) atoms. The van der Waals surface area contributed by atoms with E-state index in [0.29, 0.717) is 25.8 Å². The Bertz CT molecular complexity index is 350. The van der Waals surface area contributed by atoms with E-state index in [9.17, 15) is 9.59 Å². The van der Waals surface area contributed by atoms with Crippen LogP contribution in [0.4, 0.5) is 0 Å². The van der Waals surface area contributed by atoms with Gasteiger partial charge < -0.3 is 5.32 Å². The van der Waals surface area contributed by atoms with E-state index in [2.05, 4.69) is 17.0 Å². The fraction of sp³-hybridized carbons (Fsp3) is 0.583. The fourth-order valence-corrected chi connectivity index (χ4v) is 1.81. The van der Waals surface area contributed by atoms with Crippen LogP contribution in [0.1, 0.15) is 26.2 Å². The summed E-state index contributed by atoms with van der Waals surface area (Å²) in [5.41, 5.74) is 0.742. The number of piperidine rings is 1. The lowest BCUT2D eigenvalue weighted by Gasteiger charge is -2.28. The maximum Gasteiger partial charge on any atom is 0.232 e. The Morgan fingerprint density at radius 2 is 2.35 bits per heavy atom. The average Bonchev–Trinajstić information content (AvgIpc) is 2.32. The molecule has 1 rings (SSSR count). The number of nitrogens with zero attached hydrogens (tertiary/aromatic N) is 2. The van der Waals surface area contributed by atoms with Crippen molar-refractivity contribution in [2.24, 2.45) is 10.9 Å². The predicted molar refractivity (Wildman–Crippen MR) is 66.4 cm³/mol. The van der Waals surface area contributed by atoms with Gasteiger partial charge in [0.2, 0.25) is 11.8 Å². The number of amides is 2. The average molecular weight is 237 g/mol. The number of imide groups is 1. The molecule has 1 saturated heterocycles. The molecular formula is C12H19N3O2. The molecule has 0 spiro atoms. The van der Waals surface area contributed by atoms with Crippen LogP contribution in [0.5, 0.6) is 0 Å². The summed E-state index contributed by atoms with van der Waals surface area (Å²) < 4.78 is 0. The molecule has 1 aliphatic heterocycles. The SMILES string of the molecule is C=N/C(=C\NC)CCN1C(=O)CCC(C)C1=O. The van der Waals surface area contributed by atoms with Crippen LogP contribution in [0.25, 0.3) is 0 Å². The molecule has 5 heteroatoms. The smallest absolute Gasteiger partial charge is 0.232 e. The molecule has 0 aromatic carbocycles. The molecule has 1 heterocycles. The first-order valence-corrected chi connectivity index (χ1v) is 5.77. The van der Waals surface area contributed by atoms with Crippen LogP contribution < -0.4 is 5.32 Å². The zero-order valence-electron chi connectivity index (χ0n) is 10.4. The largest absolute Gasteiger partial charge is 0.393 e. The molecule has 0 aromatic rings. The third-order valence-corrected chi connectivity index (χ3v) is 2.89. The lowest BCUT2D eigenvalue weighted by molar-refractivity contribution is -0.151.